The van der Waals surface area contributed by atoms with Gasteiger partial charge < -0.3 is 4.90 Å². The van der Waals surface area contributed by atoms with E-state index in [2.05, 4.69) is 46.4 Å². The molecule has 1 amide bonds. The first-order chi connectivity index (χ1) is 8.98. The first-order valence-corrected chi connectivity index (χ1v) is 8.30. The Morgan fingerprint density at radius 3 is 2.00 bits per heavy atom. The number of amides is 1. The molecule has 1 saturated heterocycles. The van der Waals surface area contributed by atoms with Crippen LogP contribution in [-0.2, 0) is 4.79 Å². The van der Waals surface area contributed by atoms with E-state index in [0.29, 0.717) is 11.9 Å². The zero-order valence-electron chi connectivity index (χ0n) is 14.1. The Morgan fingerprint density at radius 1 is 1.11 bits per heavy atom. The fourth-order valence-electron chi connectivity index (χ4n) is 2.59. The molecule has 19 heavy (non-hydrogen) atoms. The predicted molar refractivity (Wildman–Crippen MR) is 84.3 cm³/mol. The number of rotatable bonds is 6. The van der Waals surface area contributed by atoms with Crippen LogP contribution in [0.1, 0.15) is 86.5 Å². The van der Waals surface area contributed by atoms with E-state index < -0.39 is 0 Å². The molecule has 1 heterocycles. The Bertz CT molecular complexity index is 248. The van der Waals surface area contributed by atoms with E-state index in [1.54, 1.807) is 0 Å². The van der Waals surface area contributed by atoms with Gasteiger partial charge in [-0.05, 0) is 33.1 Å². The first kappa shape index (κ1) is 18.5. The number of carbonyl (C=O) groups excluding carboxylic acids is 1. The molecule has 1 aliphatic heterocycles. The van der Waals surface area contributed by atoms with Crippen LogP contribution in [0, 0.1) is 5.41 Å². The zero-order chi connectivity index (χ0) is 14.9. The van der Waals surface area contributed by atoms with Crippen LogP contribution in [-0.4, -0.2) is 23.4 Å². The maximum Gasteiger partial charge on any atom is 0.229 e. The van der Waals surface area contributed by atoms with E-state index in [9.17, 15) is 4.79 Å². The molecule has 0 aliphatic carbocycles. The quantitative estimate of drug-likeness (QED) is 0.663. The normalized spacial score (nSPS) is 22.7. The highest BCUT2D eigenvalue weighted by molar-refractivity contribution is 5.85. The predicted octanol–water partition coefficient (Wildman–Crippen LogP) is 5.02. The SMILES string of the molecule is CCCC.CCCCC1(CC)CCN(C(C)C)C1=O. The molecule has 0 radical (unpaired) electrons. The van der Waals surface area contributed by atoms with Crippen molar-refractivity contribution in [3.05, 3.63) is 0 Å². The van der Waals surface area contributed by atoms with Crippen LogP contribution in [0.15, 0.2) is 0 Å². The molecule has 0 aromatic heterocycles. The summed E-state index contributed by atoms with van der Waals surface area (Å²) in [5.74, 6) is 0.411. The van der Waals surface area contributed by atoms with Crippen molar-refractivity contribution in [1.82, 2.24) is 4.90 Å². The zero-order valence-corrected chi connectivity index (χ0v) is 14.1. The van der Waals surface area contributed by atoms with Crippen molar-refractivity contribution in [2.75, 3.05) is 6.54 Å². The highest BCUT2D eigenvalue weighted by Crippen LogP contribution is 2.40. The van der Waals surface area contributed by atoms with Gasteiger partial charge in [-0.15, -0.1) is 0 Å². The lowest BCUT2D eigenvalue weighted by molar-refractivity contribution is -0.138. The molecule has 114 valence electrons. The smallest absolute Gasteiger partial charge is 0.229 e. The van der Waals surface area contributed by atoms with E-state index in [-0.39, 0.29) is 5.41 Å². The number of unbranched alkanes of at least 4 members (excludes halogenated alkanes) is 2. The van der Waals surface area contributed by atoms with Crippen LogP contribution in [0.25, 0.3) is 0 Å². The molecule has 1 aliphatic rings. The Kier molecular flexibility index (Phi) is 9.12. The first-order valence-electron chi connectivity index (χ1n) is 8.30. The summed E-state index contributed by atoms with van der Waals surface area (Å²) in [4.78, 5) is 14.4. The van der Waals surface area contributed by atoms with Crippen LogP contribution in [0.5, 0.6) is 0 Å². The summed E-state index contributed by atoms with van der Waals surface area (Å²) in [5.41, 5.74) is -0.0136. The van der Waals surface area contributed by atoms with Crippen molar-refractivity contribution in [2.24, 2.45) is 5.41 Å². The van der Waals surface area contributed by atoms with Crippen LogP contribution in [0.2, 0.25) is 0 Å². The molecule has 0 N–H and O–H groups in total. The van der Waals surface area contributed by atoms with Crippen LogP contribution < -0.4 is 0 Å². The van der Waals surface area contributed by atoms with Gasteiger partial charge in [0.2, 0.25) is 5.91 Å². The lowest BCUT2D eigenvalue weighted by Gasteiger charge is -2.28. The summed E-state index contributed by atoms with van der Waals surface area (Å²) in [6.07, 6.45) is 8.18. The Labute approximate surface area is 120 Å². The number of carbonyl (C=O) groups is 1. The third-order valence-electron chi connectivity index (χ3n) is 4.35. The number of hydrogen-bond acceptors (Lipinski definition) is 1. The van der Waals surface area contributed by atoms with E-state index >= 15 is 0 Å². The number of hydrogen-bond donors (Lipinski definition) is 0. The second-order valence-electron chi connectivity index (χ2n) is 6.08. The van der Waals surface area contributed by atoms with Crippen molar-refractivity contribution in [3.63, 3.8) is 0 Å². The molecule has 0 spiro atoms. The summed E-state index contributed by atoms with van der Waals surface area (Å²) in [6.45, 7) is 13.9. The minimum Gasteiger partial charge on any atom is -0.340 e. The van der Waals surface area contributed by atoms with Crippen LogP contribution >= 0.6 is 0 Å². The van der Waals surface area contributed by atoms with Gasteiger partial charge in [-0.3, -0.25) is 4.79 Å². The van der Waals surface area contributed by atoms with Gasteiger partial charge in [0.15, 0.2) is 0 Å². The average molecular weight is 269 g/mol. The molecular formula is C17H35NO. The fraction of sp³-hybridized carbons (Fsp3) is 0.941. The van der Waals surface area contributed by atoms with Gasteiger partial charge in [0.05, 0.1) is 5.41 Å². The molecule has 0 aromatic rings. The lowest BCUT2D eigenvalue weighted by atomic mass is 9.79. The minimum absolute atomic E-state index is 0.0136. The van der Waals surface area contributed by atoms with Gasteiger partial charge in [0.1, 0.15) is 0 Å². The molecule has 0 bridgehead atoms. The standard InChI is InChI=1S/C13H25NO.C4H10/c1-5-7-8-13(6-2)9-10-14(11(3)4)12(13)15;1-3-4-2/h11H,5-10H2,1-4H3;3-4H2,1-2H3. The van der Waals surface area contributed by atoms with Crippen molar-refractivity contribution in [2.45, 2.75) is 92.5 Å². The Hall–Kier alpha value is -0.530. The van der Waals surface area contributed by atoms with Gasteiger partial charge in [-0.25, -0.2) is 0 Å². The maximum atomic E-state index is 12.3. The lowest BCUT2D eigenvalue weighted by Crippen LogP contribution is -2.38. The van der Waals surface area contributed by atoms with E-state index in [4.69, 9.17) is 0 Å². The summed E-state index contributed by atoms with van der Waals surface area (Å²) < 4.78 is 0. The highest BCUT2D eigenvalue weighted by Gasteiger charge is 2.44. The summed E-state index contributed by atoms with van der Waals surface area (Å²) in [6, 6.07) is 0.368. The Balaban J connectivity index is 0.000000711. The number of likely N-dealkylation sites (tertiary alicyclic amines) is 1. The molecule has 1 fully saturated rings. The van der Waals surface area contributed by atoms with E-state index in [0.717, 1.165) is 25.8 Å². The monoisotopic (exact) mass is 269 g/mol. The maximum absolute atomic E-state index is 12.3. The van der Waals surface area contributed by atoms with Crippen molar-refractivity contribution >= 4 is 5.91 Å². The molecule has 1 unspecified atom stereocenters. The fourth-order valence-corrected chi connectivity index (χ4v) is 2.59. The minimum atomic E-state index is -0.0136. The summed E-state index contributed by atoms with van der Waals surface area (Å²) in [7, 11) is 0. The summed E-state index contributed by atoms with van der Waals surface area (Å²) in [5, 5.41) is 0. The molecular weight excluding hydrogens is 234 g/mol. The van der Waals surface area contributed by atoms with Crippen molar-refractivity contribution in [3.8, 4) is 0 Å². The molecule has 0 saturated carbocycles. The second kappa shape index (κ2) is 9.39. The highest BCUT2D eigenvalue weighted by atomic mass is 16.2. The van der Waals surface area contributed by atoms with Gasteiger partial charge in [-0.1, -0.05) is 53.4 Å². The molecule has 1 rings (SSSR count). The van der Waals surface area contributed by atoms with E-state index in [1.165, 1.54) is 25.7 Å². The van der Waals surface area contributed by atoms with Crippen molar-refractivity contribution in [1.29, 1.82) is 0 Å². The third-order valence-corrected chi connectivity index (χ3v) is 4.35. The second-order valence-corrected chi connectivity index (χ2v) is 6.08. The number of nitrogens with zero attached hydrogens (tertiary/aromatic N) is 1. The average Bonchev–Trinajstić information content (AvgIpc) is 2.74. The largest absolute Gasteiger partial charge is 0.340 e. The Morgan fingerprint density at radius 2 is 1.68 bits per heavy atom. The molecule has 1 atom stereocenters. The van der Waals surface area contributed by atoms with Gasteiger partial charge in [0.25, 0.3) is 0 Å². The van der Waals surface area contributed by atoms with Gasteiger partial charge in [-0.2, -0.15) is 0 Å². The topological polar surface area (TPSA) is 20.3 Å². The summed E-state index contributed by atoms with van der Waals surface area (Å²) >= 11 is 0. The van der Waals surface area contributed by atoms with E-state index in [1.807, 2.05) is 0 Å². The van der Waals surface area contributed by atoms with Gasteiger partial charge in [0, 0.05) is 12.6 Å². The van der Waals surface area contributed by atoms with Crippen LogP contribution in [0.4, 0.5) is 0 Å². The van der Waals surface area contributed by atoms with Crippen molar-refractivity contribution < 1.29 is 4.79 Å². The van der Waals surface area contributed by atoms with Crippen LogP contribution in [0.3, 0.4) is 0 Å². The third kappa shape index (κ3) is 5.16. The molecule has 0 aromatic carbocycles. The van der Waals surface area contributed by atoms with Gasteiger partial charge >= 0.3 is 0 Å². The molecule has 2 nitrogen and oxygen atoms in total. The molecule has 2 heteroatoms.